The number of unbranched alkanes of at least 4 members (excludes halogenated alkanes) is 7. The molecule has 0 bridgehead atoms. The molecule has 0 heterocycles. The molecular weight excluding hydrogens is 228 g/mol. The summed E-state index contributed by atoms with van der Waals surface area (Å²) in [5.74, 6) is 0.691. The Labute approximate surface area is 118 Å². The van der Waals surface area contributed by atoms with Crippen molar-refractivity contribution in [2.45, 2.75) is 70.6 Å². The van der Waals surface area contributed by atoms with Crippen LogP contribution in [0.4, 0.5) is 0 Å². The Kier molecular flexibility index (Phi) is 6.20. The van der Waals surface area contributed by atoms with E-state index in [0.29, 0.717) is 5.92 Å². The lowest BCUT2D eigenvalue weighted by atomic mass is 9.94. The van der Waals surface area contributed by atoms with Crippen LogP contribution in [-0.2, 0) is 0 Å². The highest BCUT2D eigenvalue weighted by atomic mass is 14.2. The highest BCUT2D eigenvalue weighted by molar-refractivity contribution is 5.62. The molecule has 1 unspecified atom stereocenters. The van der Waals surface area contributed by atoms with Gasteiger partial charge in [0.25, 0.3) is 0 Å². The van der Waals surface area contributed by atoms with Crippen LogP contribution in [0.3, 0.4) is 0 Å². The zero-order valence-electron chi connectivity index (χ0n) is 12.4. The van der Waals surface area contributed by atoms with Gasteiger partial charge in [0.05, 0.1) is 0 Å². The second-order valence-corrected chi connectivity index (χ2v) is 5.86. The third kappa shape index (κ3) is 4.53. The Morgan fingerprint density at radius 1 is 0.842 bits per heavy atom. The zero-order chi connectivity index (χ0) is 13.3. The molecular formula is C19H28. The summed E-state index contributed by atoms with van der Waals surface area (Å²) in [5, 5.41) is 0. The van der Waals surface area contributed by atoms with Crippen molar-refractivity contribution in [3.63, 3.8) is 0 Å². The molecule has 0 amide bonds. The first-order chi connectivity index (χ1) is 9.42. The van der Waals surface area contributed by atoms with Crippen molar-refractivity contribution in [1.82, 2.24) is 0 Å². The molecule has 0 nitrogen and oxygen atoms in total. The SMILES string of the molecule is CCCCCCCCCCC1C=Cc2ccccc21. The number of hydrogen-bond acceptors (Lipinski definition) is 0. The summed E-state index contributed by atoms with van der Waals surface area (Å²) in [6.45, 7) is 2.28. The smallest absolute Gasteiger partial charge is 0.00272 e. The van der Waals surface area contributed by atoms with Gasteiger partial charge in [-0.3, -0.25) is 0 Å². The van der Waals surface area contributed by atoms with Gasteiger partial charge in [-0.25, -0.2) is 0 Å². The van der Waals surface area contributed by atoms with Gasteiger partial charge < -0.3 is 0 Å². The van der Waals surface area contributed by atoms with Crippen LogP contribution in [0.5, 0.6) is 0 Å². The molecule has 19 heavy (non-hydrogen) atoms. The van der Waals surface area contributed by atoms with Crippen molar-refractivity contribution < 1.29 is 0 Å². The lowest BCUT2D eigenvalue weighted by molar-refractivity contribution is 0.555. The van der Waals surface area contributed by atoms with Crippen molar-refractivity contribution in [2.75, 3.05) is 0 Å². The van der Waals surface area contributed by atoms with Crippen molar-refractivity contribution in [3.05, 3.63) is 41.5 Å². The average molecular weight is 256 g/mol. The Morgan fingerprint density at radius 2 is 1.53 bits per heavy atom. The third-order valence-electron chi connectivity index (χ3n) is 4.27. The summed E-state index contributed by atoms with van der Waals surface area (Å²) < 4.78 is 0. The van der Waals surface area contributed by atoms with E-state index in [1.807, 2.05) is 0 Å². The van der Waals surface area contributed by atoms with Crippen LogP contribution in [0, 0.1) is 0 Å². The second kappa shape index (κ2) is 8.19. The van der Waals surface area contributed by atoms with Gasteiger partial charge in [0.1, 0.15) is 0 Å². The maximum Gasteiger partial charge on any atom is 0.00272 e. The summed E-state index contributed by atoms with van der Waals surface area (Å²) in [6.07, 6.45) is 17.4. The molecule has 1 aromatic carbocycles. The van der Waals surface area contributed by atoms with E-state index in [2.05, 4.69) is 43.3 Å². The standard InChI is InChI=1S/C19H28/c1-2-3-4-5-6-7-8-9-12-17-15-16-18-13-10-11-14-19(17)18/h10-11,13-17H,2-9,12H2,1H3. The molecule has 1 aliphatic rings. The van der Waals surface area contributed by atoms with Crippen LogP contribution >= 0.6 is 0 Å². The largest absolute Gasteiger partial charge is 0.0764 e. The minimum atomic E-state index is 0.691. The summed E-state index contributed by atoms with van der Waals surface area (Å²) in [6, 6.07) is 8.85. The number of hydrogen-bond donors (Lipinski definition) is 0. The van der Waals surface area contributed by atoms with Crippen molar-refractivity contribution in [3.8, 4) is 0 Å². The van der Waals surface area contributed by atoms with Gasteiger partial charge in [-0.1, -0.05) is 94.7 Å². The summed E-state index contributed by atoms with van der Waals surface area (Å²) in [7, 11) is 0. The fraction of sp³-hybridized carbons (Fsp3) is 0.579. The molecule has 0 spiro atoms. The Bertz CT molecular complexity index is 389. The molecule has 0 radical (unpaired) electrons. The second-order valence-electron chi connectivity index (χ2n) is 5.86. The molecule has 1 atom stereocenters. The van der Waals surface area contributed by atoms with Crippen LogP contribution in [0.2, 0.25) is 0 Å². The zero-order valence-corrected chi connectivity index (χ0v) is 12.4. The molecule has 0 heteroatoms. The first-order valence-corrected chi connectivity index (χ1v) is 8.19. The first-order valence-electron chi connectivity index (χ1n) is 8.19. The molecule has 0 saturated carbocycles. The Balaban J connectivity index is 1.56. The van der Waals surface area contributed by atoms with Gasteiger partial charge in [-0.15, -0.1) is 0 Å². The van der Waals surface area contributed by atoms with E-state index in [4.69, 9.17) is 0 Å². The fourth-order valence-corrected chi connectivity index (χ4v) is 3.07. The summed E-state index contributed by atoms with van der Waals surface area (Å²) in [5.41, 5.74) is 2.98. The van der Waals surface area contributed by atoms with Gasteiger partial charge in [-0.05, 0) is 17.5 Å². The maximum absolute atomic E-state index is 2.39. The molecule has 0 aliphatic heterocycles. The van der Waals surface area contributed by atoms with Gasteiger partial charge >= 0.3 is 0 Å². The van der Waals surface area contributed by atoms with E-state index in [1.54, 1.807) is 5.56 Å². The molecule has 0 aromatic heterocycles. The molecule has 0 fully saturated rings. The Hall–Kier alpha value is -1.04. The van der Waals surface area contributed by atoms with Crippen molar-refractivity contribution >= 4 is 6.08 Å². The minimum absolute atomic E-state index is 0.691. The monoisotopic (exact) mass is 256 g/mol. The van der Waals surface area contributed by atoms with Gasteiger partial charge in [0.2, 0.25) is 0 Å². The number of fused-ring (bicyclic) bond motifs is 1. The predicted octanol–water partition coefficient (Wildman–Crippen LogP) is 6.33. The highest BCUT2D eigenvalue weighted by Gasteiger charge is 2.15. The first kappa shape index (κ1) is 14.4. The van der Waals surface area contributed by atoms with Crippen LogP contribution in [-0.4, -0.2) is 0 Å². The number of allylic oxidation sites excluding steroid dienone is 1. The van der Waals surface area contributed by atoms with E-state index in [9.17, 15) is 0 Å². The predicted molar refractivity (Wildman–Crippen MR) is 85.4 cm³/mol. The summed E-state index contributed by atoms with van der Waals surface area (Å²) in [4.78, 5) is 0. The van der Waals surface area contributed by atoms with Crippen LogP contribution in [0.25, 0.3) is 6.08 Å². The molecule has 0 saturated heterocycles. The van der Waals surface area contributed by atoms with E-state index in [0.717, 1.165) is 0 Å². The third-order valence-corrected chi connectivity index (χ3v) is 4.27. The molecule has 1 aliphatic carbocycles. The highest BCUT2D eigenvalue weighted by Crippen LogP contribution is 2.33. The topological polar surface area (TPSA) is 0 Å². The maximum atomic E-state index is 2.39. The van der Waals surface area contributed by atoms with Crippen LogP contribution < -0.4 is 0 Å². The van der Waals surface area contributed by atoms with E-state index in [-0.39, 0.29) is 0 Å². The number of benzene rings is 1. The van der Waals surface area contributed by atoms with Crippen LogP contribution in [0.1, 0.15) is 81.8 Å². The van der Waals surface area contributed by atoms with E-state index < -0.39 is 0 Å². The van der Waals surface area contributed by atoms with Gasteiger partial charge in [0, 0.05) is 5.92 Å². The number of rotatable bonds is 9. The van der Waals surface area contributed by atoms with Gasteiger partial charge in [-0.2, -0.15) is 0 Å². The van der Waals surface area contributed by atoms with Crippen molar-refractivity contribution in [1.29, 1.82) is 0 Å². The lowest BCUT2D eigenvalue weighted by Crippen LogP contribution is -1.93. The molecule has 1 aromatic rings. The average Bonchev–Trinajstić information content (AvgIpc) is 2.85. The van der Waals surface area contributed by atoms with Crippen molar-refractivity contribution in [2.24, 2.45) is 0 Å². The quantitative estimate of drug-likeness (QED) is 0.453. The van der Waals surface area contributed by atoms with Gasteiger partial charge in [0.15, 0.2) is 0 Å². The van der Waals surface area contributed by atoms with E-state index in [1.165, 1.54) is 63.4 Å². The molecule has 2 rings (SSSR count). The Morgan fingerprint density at radius 3 is 2.32 bits per heavy atom. The summed E-state index contributed by atoms with van der Waals surface area (Å²) >= 11 is 0. The lowest BCUT2D eigenvalue weighted by Gasteiger charge is -2.10. The molecule has 0 N–H and O–H groups in total. The molecule has 104 valence electrons. The normalized spacial score (nSPS) is 16.8. The van der Waals surface area contributed by atoms with Crippen LogP contribution in [0.15, 0.2) is 30.3 Å². The van der Waals surface area contributed by atoms with E-state index >= 15 is 0 Å². The minimum Gasteiger partial charge on any atom is -0.0764 e. The fourth-order valence-electron chi connectivity index (χ4n) is 3.07.